The molecule has 3 aromatic rings. The second kappa shape index (κ2) is 8.46. The number of hydrogen-bond acceptors (Lipinski definition) is 5. The Morgan fingerprint density at radius 1 is 1.31 bits per heavy atom. The minimum atomic E-state index is -4.03. The summed E-state index contributed by atoms with van der Waals surface area (Å²) in [4.78, 5) is 11.6. The van der Waals surface area contributed by atoms with Crippen molar-refractivity contribution < 1.29 is 17.4 Å². The van der Waals surface area contributed by atoms with Gasteiger partial charge in [0.05, 0.1) is 17.0 Å². The van der Waals surface area contributed by atoms with Crippen molar-refractivity contribution in [2.75, 3.05) is 12.3 Å². The maximum atomic E-state index is 12.2. The topological polar surface area (TPSA) is 95.2 Å². The van der Waals surface area contributed by atoms with Gasteiger partial charge in [-0.05, 0) is 38.0 Å². The fraction of sp³-hybridized carbons (Fsp3) is 0.368. The monoisotopic (exact) mass is 438 g/mol. The molecular formula is C19H23ClN4O4S. The number of benzene rings is 1. The SMILES string of the molecule is CCCNC(=O)OS(=O)(=O)CCc1c(C)nn(C)c1-n1ccc2ccc(Cl)cc21. The van der Waals surface area contributed by atoms with E-state index < -0.39 is 16.2 Å². The molecule has 8 nitrogen and oxygen atoms in total. The lowest BCUT2D eigenvalue weighted by atomic mass is 10.2. The van der Waals surface area contributed by atoms with Gasteiger partial charge in [-0.25, -0.2) is 4.79 Å². The number of carbonyl (C=O) groups is 1. The van der Waals surface area contributed by atoms with Crippen LogP contribution in [0.15, 0.2) is 30.5 Å². The minimum Gasteiger partial charge on any atom is -0.328 e. The van der Waals surface area contributed by atoms with Crippen molar-refractivity contribution in [3.05, 3.63) is 46.7 Å². The third-order valence-corrected chi connectivity index (χ3v) is 5.87. The van der Waals surface area contributed by atoms with E-state index in [0.717, 1.165) is 22.3 Å². The summed E-state index contributed by atoms with van der Waals surface area (Å²) < 4.78 is 32.7. The van der Waals surface area contributed by atoms with Gasteiger partial charge in [0.15, 0.2) is 0 Å². The lowest BCUT2D eigenvalue weighted by Gasteiger charge is -2.11. The highest BCUT2D eigenvalue weighted by Crippen LogP contribution is 2.27. The third-order valence-electron chi connectivity index (χ3n) is 4.52. The van der Waals surface area contributed by atoms with Gasteiger partial charge in [-0.2, -0.15) is 13.5 Å². The van der Waals surface area contributed by atoms with Crippen LogP contribution in [0.4, 0.5) is 4.79 Å². The number of carbonyl (C=O) groups excluding carboxylic acids is 1. The van der Waals surface area contributed by atoms with Gasteiger partial charge < -0.3 is 14.1 Å². The number of rotatable bonds is 7. The molecule has 0 atom stereocenters. The van der Waals surface area contributed by atoms with E-state index in [1.165, 1.54) is 0 Å². The van der Waals surface area contributed by atoms with Crippen LogP contribution in [0, 0.1) is 6.92 Å². The number of amides is 1. The van der Waals surface area contributed by atoms with Crippen LogP contribution in [0.25, 0.3) is 16.7 Å². The molecule has 0 bridgehead atoms. The van der Waals surface area contributed by atoms with Gasteiger partial charge in [0.1, 0.15) is 5.82 Å². The molecular weight excluding hydrogens is 416 g/mol. The Morgan fingerprint density at radius 3 is 2.79 bits per heavy atom. The Bertz CT molecular complexity index is 1150. The molecule has 0 aliphatic carbocycles. The van der Waals surface area contributed by atoms with E-state index in [1.807, 2.05) is 48.9 Å². The quantitative estimate of drug-likeness (QED) is 0.571. The molecule has 1 amide bonds. The van der Waals surface area contributed by atoms with E-state index >= 15 is 0 Å². The average molecular weight is 439 g/mol. The van der Waals surface area contributed by atoms with Crippen LogP contribution < -0.4 is 5.32 Å². The molecule has 156 valence electrons. The van der Waals surface area contributed by atoms with Crippen LogP contribution in [-0.4, -0.2) is 41.2 Å². The summed E-state index contributed by atoms with van der Waals surface area (Å²) >= 11 is 6.16. The fourth-order valence-electron chi connectivity index (χ4n) is 3.21. The molecule has 0 saturated carbocycles. The van der Waals surface area contributed by atoms with Gasteiger partial charge in [-0.15, -0.1) is 0 Å². The van der Waals surface area contributed by atoms with Crippen molar-refractivity contribution in [1.82, 2.24) is 19.7 Å². The summed E-state index contributed by atoms with van der Waals surface area (Å²) in [5, 5.41) is 8.44. The number of halogens is 1. The molecule has 10 heteroatoms. The molecule has 0 fully saturated rings. The van der Waals surface area contributed by atoms with Crippen LogP contribution in [0.5, 0.6) is 0 Å². The van der Waals surface area contributed by atoms with Crippen molar-refractivity contribution in [3.8, 4) is 5.82 Å². The Morgan fingerprint density at radius 2 is 2.07 bits per heavy atom. The van der Waals surface area contributed by atoms with Crippen LogP contribution >= 0.6 is 11.6 Å². The van der Waals surface area contributed by atoms with Crippen molar-refractivity contribution >= 4 is 38.7 Å². The molecule has 2 aromatic heterocycles. The Kier molecular flexibility index (Phi) is 6.18. The third kappa shape index (κ3) is 4.73. The number of aromatic nitrogens is 3. The summed E-state index contributed by atoms with van der Waals surface area (Å²) in [5.74, 6) is 0.400. The number of hydrogen-bond donors (Lipinski definition) is 1. The highest BCUT2D eigenvalue weighted by molar-refractivity contribution is 7.87. The Labute approximate surface area is 174 Å². The Hall–Kier alpha value is -2.52. The van der Waals surface area contributed by atoms with Gasteiger partial charge in [0, 0.05) is 35.8 Å². The zero-order valence-electron chi connectivity index (χ0n) is 16.5. The van der Waals surface area contributed by atoms with Crippen LogP contribution in [-0.2, 0) is 27.8 Å². The number of aryl methyl sites for hydroxylation is 2. The molecule has 2 heterocycles. The first-order chi connectivity index (χ1) is 13.7. The van der Waals surface area contributed by atoms with Gasteiger partial charge >= 0.3 is 16.2 Å². The van der Waals surface area contributed by atoms with E-state index in [1.54, 1.807) is 11.7 Å². The Balaban J connectivity index is 1.88. The van der Waals surface area contributed by atoms with Crippen molar-refractivity contribution in [3.63, 3.8) is 0 Å². The highest BCUT2D eigenvalue weighted by atomic mass is 35.5. The number of nitrogens with one attached hydrogen (secondary N) is 1. The predicted molar refractivity (Wildman–Crippen MR) is 112 cm³/mol. The molecule has 0 radical (unpaired) electrons. The molecule has 0 aliphatic heterocycles. The van der Waals surface area contributed by atoms with E-state index in [-0.39, 0.29) is 12.2 Å². The largest absolute Gasteiger partial charge is 0.422 e. The maximum Gasteiger partial charge on any atom is 0.422 e. The summed E-state index contributed by atoms with van der Waals surface area (Å²) in [6, 6.07) is 7.54. The van der Waals surface area contributed by atoms with Crippen molar-refractivity contribution in [2.45, 2.75) is 26.7 Å². The molecule has 0 spiro atoms. The lowest BCUT2D eigenvalue weighted by Crippen LogP contribution is -2.28. The standard InChI is InChI=1S/C19H23ClN4O4S/c1-4-9-21-19(25)28-29(26,27)11-8-16-13(2)22-23(3)18(16)24-10-7-14-5-6-15(20)12-17(14)24/h5-7,10,12H,4,8-9,11H2,1-3H3,(H,21,25). The van der Waals surface area contributed by atoms with Crippen LogP contribution in [0.3, 0.4) is 0 Å². The molecule has 0 unspecified atom stereocenters. The normalized spacial score (nSPS) is 11.7. The minimum absolute atomic E-state index is 0.151. The molecule has 0 saturated heterocycles. The van der Waals surface area contributed by atoms with Crippen LogP contribution in [0.1, 0.15) is 24.6 Å². The zero-order valence-corrected chi connectivity index (χ0v) is 18.0. The number of nitrogens with zero attached hydrogens (tertiary/aromatic N) is 3. The second-order valence-corrected chi connectivity index (χ2v) is 8.84. The van der Waals surface area contributed by atoms with E-state index in [4.69, 9.17) is 11.6 Å². The van der Waals surface area contributed by atoms with Gasteiger partial charge in [-0.3, -0.25) is 4.68 Å². The van der Waals surface area contributed by atoms with E-state index in [2.05, 4.69) is 14.6 Å². The number of fused-ring (bicyclic) bond motifs is 1. The molecule has 29 heavy (non-hydrogen) atoms. The molecule has 1 aromatic carbocycles. The average Bonchev–Trinajstić information content (AvgIpc) is 3.17. The smallest absolute Gasteiger partial charge is 0.328 e. The second-order valence-electron chi connectivity index (χ2n) is 6.71. The molecule has 3 rings (SSSR count). The summed E-state index contributed by atoms with van der Waals surface area (Å²) in [6.45, 7) is 4.03. The predicted octanol–water partition coefficient (Wildman–Crippen LogP) is 3.33. The highest BCUT2D eigenvalue weighted by Gasteiger charge is 2.22. The molecule has 1 N–H and O–H groups in total. The van der Waals surface area contributed by atoms with E-state index in [0.29, 0.717) is 23.7 Å². The lowest BCUT2D eigenvalue weighted by molar-refractivity contribution is 0.202. The first-order valence-electron chi connectivity index (χ1n) is 9.21. The van der Waals surface area contributed by atoms with Gasteiger partial charge in [0.25, 0.3) is 0 Å². The van der Waals surface area contributed by atoms with E-state index in [9.17, 15) is 13.2 Å². The summed E-state index contributed by atoms with van der Waals surface area (Å²) in [7, 11) is -2.23. The first kappa shape index (κ1) is 21.2. The summed E-state index contributed by atoms with van der Waals surface area (Å²) in [6.07, 6.45) is 1.77. The summed E-state index contributed by atoms with van der Waals surface area (Å²) in [5.41, 5.74) is 2.35. The first-order valence-corrected chi connectivity index (χ1v) is 11.2. The van der Waals surface area contributed by atoms with Crippen molar-refractivity contribution in [1.29, 1.82) is 0 Å². The zero-order chi connectivity index (χ0) is 21.2. The fourth-order valence-corrected chi connectivity index (χ4v) is 4.20. The van der Waals surface area contributed by atoms with Crippen LogP contribution in [0.2, 0.25) is 5.02 Å². The maximum absolute atomic E-state index is 12.2. The van der Waals surface area contributed by atoms with Crippen molar-refractivity contribution in [2.24, 2.45) is 7.05 Å². The molecule has 0 aliphatic rings. The van der Waals surface area contributed by atoms with Gasteiger partial charge in [-0.1, -0.05) is 24.6 Å². The van der Waals surface area contributed by atoms with Gasteiger partial charge in [0.2, 0.25) is 0 Å².